The molecule has 2 bridgehead atoms. The molecule has 2 aromatic heterocycles. The molecule has 1 saturated heterocycles. The van der Waals surface area contributed by atoms with Crippen LogP contribution in [0.2, 0.25) is 0 Å². The van der Waals surface area contributed by atoms with Crippen LogP contribution < -0.4 is 5.56 Å². The third-order valence-corrected chi connectivity index (χ3v) is 4.61. The molecule has 0 unspecified atom stereocenters. The highest BCUT2D eigenvalue weighted by Crippen LogP contribution is 2.35. The summed E-state index contributed by atoms with van der Waals surface area (Å²) in [5.41, 5.74) is 1.46. The predicted octanol–water partition coefficient (Wildman–Crippen LogP) is 1.40. The predicted molar refractivity (Wildman–Crippen MR) is 78.7 cm³/mol. The summed E-state index contributed by atoms with van der Waals surface area (Å²) >= 11 is 0. The van der Waals surface area contributed by atoms with Crippen molar-refractivity contribution in [2.75, 3.05) is 13.1 Å². The van der Waals surface area contributed by atoms with E-state index >= 15 is 0 Å². The van der Waals surface area contributed by atoms with E-state index in [1.54, 1.807) is 25.1 Å². The van der Waals surface area contributed by atoms with Crippen molar-refractivity contribution >= 4 is 5.91 Å². The van der Waals surface area contributed by atoms with Gasteiger partial charge in [0.2, 0.25) is 0 Å². The van der Waals surface area contributed by atoms with Gasteiger partial charge in [0.1, 0.15) is 5.76 Å². The average molecular weight is 299 g/mol. The van der Waals surface area contributed by atoms with Gasteiger partial charge < -0.3 is 14.0 Å². The van der Waals surface area contributed by atoms with E-state index in [0.717, 1.165) is 12.1 Å². The summed E-state index contributed by atoms with van der Waals surface area (Å²) in [6.07, 6.45) is 1.03. The van der Waals surface area contributed by atoms with Crippen LogP contribution in [-0.4, -0.2) is 33.6 Å². The molecule has 22 heavy (non-hydrogen) atoms. The van der Waals surface area contributed by atoms with Gasteiger partial charge in [-0.25, -0.2) is 0 Å². The third kappa shape index (κ3) is 2.06. The lowest BCUT2D eigenvalue weighted by atomic mass is 9.83. The smallest absolute Gasteiger partial charge is 0.276 e. The molecule has 1 fully saturated rings. The number of rotatable bonds is 1. The van der Waals surface area contributed by atoms with Crippen LogP contribution in [-0.2, 0) is 6.54 Å². The molecule has 114 valence electrons. The molecular weight excluding hydrogens is 282 g/mol. The first-order valence-corrected chi connectivity index (χ1v) is 7.54. The molecule has 4 rings (SSSR count). The van der Waals surface area contributed by atoms with Gasteiger partial charge in [-0.2, -0.15) is 0 Å². The number of aromatic nitrogens is 2. The van der Waals surface area contributed by atoms with Crippen LogP contribution in [0.1, 0.15) is 34.3 Å². The lowest BCUT2D eigenvalue weighted by Crippen LogP contribution is -2.49. The van der Waals surface area contributed by atoms with Crippen LogP contribution in [0.3, 0.4) is 0 Å². The number of carbonyl (C=O) groups excluding carboxylic acids is 1. The van der Waals surface area contributed by atoms with Crippen molar-refractivity contribution in [3.05, 3.63) is 51.8 Å². The first-order chi connectivity index (χ1) is 10.6. The molecule has 0 aromatic carbocycles. The van der Waals surface area contributed by atoms with Crippen LogP contribution in [0.5, 0.6) is 0 Å². The maximum Gasteiger partial charge on any atom is 0.276 e. The molecule has 2 aliphatic rings. The number of fused-ring (bicyclic) bond motifs is 4. The van der Waals surface area contributed by atoms with E-state index in [9.17, 15) is 9.59 Å². The number of nitrogens with zero attached hydrogens (tertiary/aromatic N) is 3. The molecule has 2 atom stereocenters. The SMILES string of the molecule is Cc1cc(C(=O)N2C[C@H]3C[C@H](C2)c2cccc(=O)n2C3)no1. The maximum absolute atomic E-state index is 12.6. The van der Waals surface area contributed by atoms with E-state index in [0.29, 0.717) is 37.0 Å². The molecular formula is C16H17N3O3. The van der Waals surface area contributed by atoms with Crippen molar-refractivity contribution < 1.29 is 9.32 Å². The van der Waals surface area contributed by atoms with Gasteiger partial charge in [0.05, 0.1) is 0 Å². The summed E-state index contributed by atoms with van der Waals surface area (Å²) in [7, 11) is 0. The van der Waals surface area contributed by atoms with Crippen molar-refractivity contribution in [3.8, 4) is 0 Å². The number of amides is 1. The molecule has 0 spiro atoms. The van der Waals surface area contributed by atoms with Crippen molar-refractivity contribution in [2.45, 2.75) is 25.8 Å². The van der Waals surface area contributed by atoms with Crippen molar-refractivity contribution in [1.82, 2.24) is 14.6 Å². The molecule has 1 amide bonds. The molecule has 0 saturated carbocycles. The fraction of sp³-hybridized carbons (Fsp3) is 0.438. The van der Waals surface area contributed by atoms with E-state index in [1.807, 2.05) is 15.5 Å². The number of likely N-dealkylation sites (tertiary alicyclic amines) is 1. The Morgan fingerprint density at radius 2 is 2.18 bits per heavy atom. The van der Waals surface area contributed by atoms with Crippen LogP contribution in [0.4, 0.5) is 0 Å². The van der Waals surface area contributed by atoms with Crippen LogP contribution in [0, 0.1) is 12.8 Å². The van der Waals surface area contributed by atoms with E-state index in [4.69, 9.17) is 4.52 Å². The Bertz CT molecular complexity index is 792. The van der Waals surface area contributed by atoms with Gasteiger partial charge in [-0.3, -0.25) is 9.59 Å². The van der Waals surface area contributed by atoms with E-state index in [1.165, 1.54) is 0 Å². The Morgan fingerprint density at radius 1 is 1.32 bits per heavy atom. The standard InChI is InChI=1S/C16H17N3O3/c1-10-5-13(17-22-10)16(21)18-7-11-6-12(9-18)14-3-2-4-15(20)19(14)8-11/h2-5,11-12H,6-9H2,1H3/t11-,12-/m1/s1. The second kappa shape index (κ2) is 4.83. The molecule has 0 radical (unpaired) electrons. The molecule has 6 nitrogen and oxygen atoms in total. The second-order valence-corrected chi connectivity index (χ2v) is 6.23. The van der Waals surface area contributed by atoms with E-state index in [2.05, 4.69) is 5.16 Å². The molecule has 2 aliphatic heterocycles. The minimum atomic E-state index is -0.0849. The largest absolute Gasteiger partial charge is 0.361 e. The lowest BCUT2D eigenvalue weighted by molar-refractivity contribution is 0.0584. The Labute approximate surface area is 127 Å². The van der Waals surface area contributed by atoms with Gasteiger partial charge in [-0.15, -0.1) is 0 Å². The molecule has 4 heterocycles. The summed E-state index contributed by atoms with van der Waals surface area (Å²) in [6, 6.07) is 7.07. The fourth-order valence-corrected chi connectivity index (χ4v) is 3.69. The number of hydrogen-bond acceptors (Lipinski definition) is 4. The summed E-state index contributed by atoms with van der Waals surface area (Å²) in [6.45, 7) is 3.76. The zero-order valence-electron chi connectivity index (χ0n) is 12.4. The number of piperidine rings is 1. The first-order valence-electron chi connectivity index (χ1n) is 7.54. The van der Waals surface area contributed by atoms with Gasteiger partial charge in [-0.05, 0) is 25.3 Å². The number of carbonyl (C=O) groups is 1. The van der Waals surface area contributed by atoms with E-state index in [-0.39, 0.29) is 17.4 Å². The monoisotopic (exact) mass is 299 g/mol. The zero-order chi connectivity index (χ0) is 15.3. The molecule has 2 aromatic rings. The van der Waals surface area contributed by atoms with Crippen LogP contribution in [0.25, 0.3) is 0 Å². The van der Waals surface area contributed by atoms with Crippen molar-refractivity contribution in [3.63, 3.8) is 0 Å². The maximum atomic E-state index is 12.6. The summed E-state index contributed by atoms with van der Waals surface area (Å²) < 4.78 is 6.86. The zero-order valence-corrected chi connectivity index (χ0v) is 12.4. The second-order valence-electron chi connectivity index (χ2n) is 6.23. The highest BCUT2D eigenvalue weighted by atomic mass is 16.5. The average Bonchev–Trinajstić information content (AvgIpc) is 2.94. The van der Waals surface area contributed by atoms with E-state index < -0.39 is 0 Å². The number of pyridine rings is 1. The minimum Gasteiger partial charge on any atom is -0.361 e. The number of aryl methyl sites for hydroxylation is 1. The van der Waals surface area contributed by atoms with Crippen molar-refractivity contribution in [2.24, 2.45) is 5.92 Å². The summed E-state index contributed by atoms with van der Waals surface area (Å²) in [4.78, 5) is 26.4. The Balaban J connectivity index is 1.64. The van der Waals surface area contributed by atoms with Crippen LogP contribution >= 0.6 is 0 Å². The third-order valence-electron chi connectivity index (χ3n) is 4.61. The highest BCUT2D eigenvalue weighted by molar-refractivity contribution is 5.92. The van der Waals surface area contributed by atoms with Gasteiger partial charge in [0, 0.05) is 43.4 Å². The Kier molecular flexibility index (Phi) is 2.92. The Morgan fingerprint density at radius 3 is 2.95 bits per heavy atom. The number of hydrogen-bond donors (Lipinski definition) is 0. The van der Waals surface area contributed by atoms with Gasteiger partial charge >= 0.3 is 0 Å². The van der Waals surface area contributed by atoms with Gasteiger partial charge in [0.25, 0.3) is 11.5 Å². The summed E-state index contributed by atoms with van der Waals surface area (Å²) in [5.74, 6) is 1.09. The lowest BCUT2D eigenvalue weighted by Gasteiger charge is -2.42. The van der Waals surface area contributed by atoms with Gasteiger partial charge in [0.15, 0.2) is 5.69 Å². The molecule has 0 aliphatic carbocycles. The van der Waals surface area contributed by atoms with Gasteiger partial charge in [-0.1, -0.05) is 11.2 Å². The fourth-order valence-electron chi connectivity index (χ4n) is 3.69. The molecule has 0 N–H and O–H groups in total. The van der Waals surface area contributed by atoms with Crippen molar-refractivity contribution in [1.29, 1.82) is 0 Å². The summed E-state index contributed by atoms with van der Waals surface area (Å²) in [5, 5.41) is 3.82. The minimum absolute atomic E-state index is 0.0547. The quantitative estimate of drug-likeness (QED) is 0.798. The Hall–Kier alpha value is -2.37. The first kappa shape index (κ1) is 13.3. The normalized spacial score (nSPS) is 23.2. The molecule has 6 heteroatoms. The van der Waals surface area contributed by atoms with Crippen LogP contribution in [0.15, 0.2) is 33.6 Å². The highest BCUT2D eigenvalue weighted by Gasteiger charge is 2.37. The topological polar surface area (TPSA) is 68.3 Å².